The predicted octanol–water partition coefficient (Wildman–Crippen LogP) is 1.60. The average Bonchev–Trinajstić information content (AvgIpc) is 3.02. The maximum absolute atomic E-state index is 5.58. The lowest BCUT2D eigenvalue weighted by atomic mass is 10.2. The van der Waals surface area contributed by atoms with Gasteiger partial charge < -0.3 is 15.0 Å². The Labute approximate surface area is 145 Å². The fourth-order valence-electron chi connectivity index (χ4n) is 3.02. The second-order valence-corrected chi connectivity index (χ2v) is 6.23. The summed E-state index contributed by atoms with van der Waals surface area (Å²) in [7, 11) is 1.87. The smallest absolute Gasteiger partial charge is 0.163 e. The standard InChI is InChI=1S/C17H21N7O/c1-12-10-24(5-6-25-12)15-4-3-13(7-18-15)8-19-16-14-9-22-23(2)17(14)21-11-20-16/h3-4,7,9,11-12H,5-6,8,10H2,1-2H3,(H,19,20,21). The van der Waals surface area contributed by atoms with Crippen LogP contribution in [0.1, 0.15) is 12.5 Å². The van der Waals surface area contributed by atoms with Crippen molar-refractivity contribution >= 4 is 22.7 Å². The molecule has 3 aromatic rings. The summed E-state index contributed by atoms with van der Waals surface area (Å²) < 4.78 is 7.32. The molecule has 1 unspecified atom stereocenters. The van der Waals surface area contributed by atoms with Gasteiger partial charge in [0.15, 0.2) is 5.65 Å². The molecule has 1 saturated heterocycles. The van der Waals surface area contributed by atoms with Crippen molar-refractivity contribution in [3.8, 4) is 0 Å². The first-order valence-electron chi connectivity index (χ1n) is 8.39. The van der Waals surface area contributed by atoms with Crippen molar-refractivity contribution in [1.29, 1.82) is 0 Å². The van der Waals surface area contributed by atoms with Crippen molar-refractivity contribution in [3.63, 3.8) is 0 Å². The van der Waals surface area contributed by atoms with E-state index in [1.807, 2.05) is 13.2 Å². The predicted molar refractivity (Wildman–Crippen MR) is 95.5 cm³/mol. The van der Waals surface area contributed by atoms with Crippen LogP contribution in [0.15, 0.2) is 30.9 Å². The number of hydrogen-bond acceptors (Lipinski definition) is 7. The summed E-state index contributed by atoms with van der Waals surface area (Å²) in [4.78, 5) is 15.4. The highest BCUT2D eigenvalue weighted by molar-refractivity contribution is 5.85. The Hall–Kier alpha value is -2.74. The van der Waals surface area contributed by atoms with E-state index in [1.165, 1.54) is 0 Å². The average molecular weight is 339 g/mol. The van der Waals surface area contributed by atoms with Gasteiger partial charge in [0, 0.05) is 32.9 Å². The number of nitrogens with zero attached hydrogens (tertiary/aromatic N) is 6. The van der Waals surface area contributed by atoms with Crippen LogP contribution in [-0.4, -0.2) is 50.5 Å². The summed E-state index contributed by atoms with van der Waals surface area (Å²) in [6.45, 7) is 5.25. The molecule has 0 aliphatic carbocycles. The Balaban J connectivity index is 1.44. The molecule has 1 fully saturated rings. The number of aryl methyl sites for hydroxylation is 1. The van der Waals surface area contributed by atoms with Crippen LogP contribution in [0.25, 0.3) is 11.0 Å². The molecule has 0 aromatic carbocycles. The first kappa shape index (κ1) is 15.8. The molecule has 130 valence electrons. The Morgan fingerprint density at radius 1 is 1.24 bits per heavy atom. The van der Waals surface area contributed by atoms with Gasteiger partial charge in [-0.1, -0.05) is 6.07 Å². The number of pyridine rings is 1. The number of nitrogens with one attached hydrogen (secondary N) is 1. The second kappa shape index (κ2) is 6.64. The molecule has 1 N–H and O–H groups in total. The Morgan fingerprint density at radius 3 is 2.96 bits per heavy atom. The fraction of sp³-hybridized carbons (Fsp3) is 0.412. The van der Waals surface area contributed by atoms with E-state index >= 15 is 0 Å². The first-order valence-corrected chi connectivity index (χ1v) is 8.39. The van der Waals surface area contributed by atoms with E-state index in [4.69, 9.17) is 4.74 Å². The SMILES string of the molecule is CC1CN(c2ccc(CNc3ncnc4c3cnn4C)cn2)CCO1. The quantitative estimate of drug-likeness (QED) is 0.773. The lowest BCUT2D eigenvalue weighted by Gasteiger charge is -2.32. The number of fused-ring (bicyclic) bond motifs is 1. The van der Waals surface area contributed by atoms with Gasteiger partial charge in [-0.25, -0.2) is 15.0 Å². The molecule has 0 saturated carbocycles. The third kappa shape index (κ3) is 3.25. The molecule has 3 aromatic heterocycles. The zero-order valence-corrected chi connectivity index (χ0v) is 14.4. The van der Waals surface area contributed by atoms with Gasteiger partial charge in [-0.2, -0.15) is 5.10 Å². The topological polar surface area (TPSA) is 81.0 Å². The van der Waals surface area contributed by atoms with Gasteiger partial charge in [-0.3, -0.25) is 4.68 Å². The summed E-state index contributed by atoms with van der Waals surface area (Å²) >= 11 is 0. The number of hydrogen-bond donors (Lipinski definition) is 1. The van der Waals surface area contributed by atoms with E-state index in [-0.39, 0.29) is 6.10 Å². The minimum absolute atomic E-state index is 0.247. The molecule has 0 bridgehead atoms. The molecule has 1 aliphatic heterocycles. The molecular formula is C17H21N7O. The zero-order chi connectivity index (χ0) is 17.2. The number of aromatic nitrogens is 5. The van der Waals surface area contributed by atoms with Crippen molar-refractivity contribution in [3.05, 3.63) is 36.4 Å². The highest BCUT2D eigenvalue weighted by Crippen LogP contribution is 2.19. The Morgan fingerprint density at radius 2 is 2.16 bits per heavy atom. The maximum atomic E-state index is 5.58. The Bertz CT molecular complexity index is 861. The highest BCUT2D eigenvalue weighted by atomic mass is 16.5. The van der Waals surface area contributed by atoms with Crippen molar-refractivity contribution in [2.45, 2.75) is 19.6 Å². The van der Waals surface area contributed by atoms with E-state index in [1.54, 1.807) is 17.2 Å². The van der Waals surface area contributed by atoms with E-state index in [2.05, 4.69) is 49.3 Å². The summed E-state index contributed by atoms with van der Waals surface area (Å²) in [6.07, 6.45) is 5.48. The summed E-state index contributed by atoms with van der Waals surface area (Å²) in [5.74, 6) is 1.78. The van der Waals surface area contributed by atoms with Crippen LogP contribution in [0.3, 0.4) is 0 Å². The lowest BCUT2D eigenvalue weighted by molar-refractivity contribution is 0.0529. The molecule has 8 heteroatoms. The van der Waals surface area contributed by atoms with E-state index in [0.717, 1.165) is 47.9 Å². The molecule has 4 heterocycles. The molecule has 4 rings (SSSR count). The Kier molecular flexibility index (Phi) is 4.19. The lowest BCUT2D eigenvalue weighted by Crippen LogP contribution is -2.41. The minimum atomic E-state index is 0.247. The minimum Gasteiger partial charge on any atom is -0.375 e. The summed E-state index contributed by atoms with van der Waals surface area (Å²) in [5.41, 5.74) is 1.91. The van der Waals surface area contributed by atoms with Crippen LogP contribution in [0.5, 0.6) is 0 Å². The van der Waals surface area contributed by atoms with E-state index in [0.29, 0.717) is 6.54 Å². The number of morpholine rings is 1. The van der Waals surface area contributed by atoms with E-state index in [9.17, 15) is 0 Å². The van der Waals surface area contributed by atoms with Crippen LogP contribution >= 0.6 is 0 Å². The van der Waals surface area contributed by atoms with Crippen LogP contribution in [0, 0.1) is 0 Å². The molecule has 8 nitrogen and oxygen atoms in total. The fourth-order valence-corrected chi connectivity index (χ4v) is 3.02. The zero-order valence-electron chi connectivity index (χ0n) is 14.4. The van der Waals surface area contributed by atoms with Gasteiger partial charge in [0.25, 0.3) is 0 Å². The molecule has 0 radical (unpaired) electrons. The van der Waals surface area contributed by atoms with Gasteiger partial charge in [0.2, 0.25) is 0 Å². The van der Waals surface area contributed by atoms with Gasteiger partial charge in [-0.05, 0) is 18.6 Å². The molecule has 1 atom stereocenters. The summed E-state index contributed by atoms with van der Waals surface area (Å²) in [5, 5.41) is 8.49. The van der Waals surface area contributed by atoms with Crippen molar-refractivity contribution in [1.82, 2.24) is 24.7 Å². The van der Waals surface area contributed by atoms with Gasteiger partial charge in [0.1, 0.15) is 18.0 Å². The van der Waals surface area contributed by atoms with Crippen molar-refractivity contribution in [2.24, 2.45) is 7.05 Å². The third-order valence-electron chi connectivity index (χ3n) is 4.36. The van der Waals surface area contributed by atoms with Gasteiger partial charge in [-0.15, -0.1) is 0 Å². The van der Waals surface area contributed by atoms with E-state index < -0.39 is 0 Å². The number of anilines is 2. The second-order valence-electron chi connectivity index (χ2n) is 6.23. The van der Waals surface area contributed by atoms with Crippen LogP contribution in [0.4, 0.5) is 11.6 Å². The van der Waals surface area contributed by atoms with Crippen molar-refractivity contribution < 1.29 is 4.74 Å². The van der Waals surface area contributed by atoms with Gasteiger partial charge in [0.05, 0.1) is 24.3 Å². The maximum Gasteiger partial charge on any atom is 0.163 e. The van der Waals surface area contributed by atoms with Crippen LogP contribution in [-0.2, 0) is 18.3 Å². The number of ether oxygens (including phenoxy) is 1. The third-order valence-corrected chi connectivity index (χ3v) is 4.36. The van der Waals surface area contributed by atoms with Gasteiger partial charge >= 0.3 is 0 Å². The summed E-state index contributed by atoms with van der Waals surface area (Å²) in [6, 6.07) is 4.16. The molecule has 25 heavy (non-hydrogen) atoms. The van der Waals surface area contributed by atoms with Crippen LogP contribution in [0.2, 0.25) is 0 Å². The molecule has 0 spiro atoms. The molecular weight excluding hydrogens is 318 g/mol. The number of rotatable bonds is 4. The highest BCUT2D eigenvalue weighted by Gasteiger charge is 2.17. The molecule has 0 amide bonds. The normalized spacial score (nSPS) is 17.8. The van der Waals surface area contributed by atoms with Crippen molar-refractivity contribution in [2.75, 3.05) is 29.9 Å². The first-order chi connectivity index (χ1) is 12.2. The largest absolute Gasteiger partial charge is 0.375 e. The van der Waals surface area contributed by atoms with Crippen LogP contribution < -0.4 is 10.2 Å². The monoisotopic (exact) mass is 339 g/mol. The molecule has 1 aliphatic rings.